The zero-order chi connectivity index (χ0) is 22.2. The van der Waals surface area contributed by atoms with E-state index in [2.05, 4.69) is 11.9 Å². The number of aromatic amines is 1. The van der Waals surface area contributed by atoms with Gasteiger partial charge in [0.25, 0.3) is 5.91 Å². The molecule has 4 aromatic rings. The Morgan fingerprint density at radius 1 is 1.25 bits per heavy atom. The number of carbonyl (C=O) groups excluding carboxylic acids is 2. The summed E-state index contributed by atoms with van der Waals surface area (Å²) in [6, 6.07) is 13.4. The predicted octanol–water partition coefficient (Wildman–Crippen LogP) is 5.24. The van der Waals surface area contributed by atoms with E-state index < -0.39 is 6.10 Å². The van der Waals surface area contributed by atoms with E-state index in [1.807, 2.05) is 47.8 Å². The maximum absolute atomic E-state index is 13.2. The standard InChI is InChI=1S/C25H23N3O3S/c1-3-6-24-27-20(14-32-24)16-9-10-23-21(11-16)28(25(30)15(2)31-23)13-22(29)18-12-26-19-8-5-4-7-17(18)19/h4-5,7-12,14-15,26H,3,6,13H2,1-2H3. The Hall–Kier alpha value is -3.45. The van der Waals surface area contributed by atoms with Gasteiger partial charge in [0.05, 0.1) is 22.9 Å². The van der Waals surface area contributed by atoms with Crippen LogP contribution in [0.2, 0.25) is 0 Å². The first-order chi connectivity index (χ1) is 15.5. The minimum atomic E-state index is -0.653. The van der Waals surface area contributed by atoms with Gasteiger partial charge in [0.2, 0.25) is 0 Å². The summed E-state index contributed by atoms with van der Waals surface area (Å²) in [5, 5.41) is 3.97. The molecule has 32 heavy (non-hydrogen) atoms. The summed E-state index contributed by atoms with van der Waals surface area (Å²) < 4.78 is 5.82. The van der Waals surface area contributed by atoms with Gasteiger partial charge in [-0.05, 0) is 44.0 Å². The van der Waals surface area contributed by atoms with E-state index in [4.69, 9.17) is 9.72 Å². The average molecular weight is 446 g/mol. The number of ether oxygens (including phenoxy) is 1. The second-order valence-electron chi connectivity index (χ2n) is 7.91. The highest BCUT2D eigenvalue weighted by Gasteiger charge is 2.33. The van der Waals surface area contributed by atoms with Gasteiger partial charge < -0.3 is 9.72 Å². The van der Waals surface area contributed by atoms with E-state index in [1.54, 1.807) is 24.5 Å². The number of para-hydroxylation sites is 1. The highest BCUT2D eigenvalue weighted by molar-refractivity contribution is 7.09. The second-order valence-corrected chi connectivity index (χ2v) is 8.86. The number of hydrogen-bond donors (Lipinski definition) is 1. The van der Waals surface area contributed by atoms with Crippen molar-refractivity contribution in [1.29, 1.82) is 0 Å². The lowest BCUT2D eigenvalue weighted by atomic mass is 10.1. The number of thiazole rings is 1. The van der Waals surface area contributed by atoms with Crippen molar-refractivity contribution in [3.8, 4) is 17.0 Å². The molecule has 1 aliphatic rings. The lowest BCUT2D eigenvalue weighted by Gasteiger charge is -2.32. The average Bonchev–Trinajstić information content (AvgIpc) is 3.44. The molecule has 0 spiro atoms. The lowest BCUT2D eigenvalue weighted by molar-refractivity contribution is -0.125. The predicted molar refractivity (Wildman–Crippen MR) is 127 cm³/mol. The number of benzene rings is 2. The zero-order valence-electron chi connectivity index (χ0n) is 17.9. The molecule has 1 atom stereocenters. The number of aromatic nitrogens is 2. The zero-order valence-corrected chi connectivity index (χ0v) is 18.7. The van der Waals surface area contributed by atoms with Crippen LogP contribution in [0, 0.1) is 0 Å². The smallest absolute Gasteiger partial charge is 0.268 e. The normalized spacial score (nSPS) is 15.6. The first kappa shape index (κ1) is 20.5. The number of Topliss-reactive ketones (excluding diaryl/α,β-unsaturated/α-hetero) is 1. The molecule has 1 N–H and O–H groups in total. The van der Waals surface area contributed by atoms with Crippen LogP contribution in [-0.4, -0.2) is 34.3 Å². The van der Waals surface area contributed by atoms with Crippen LogP contribution in [0.1, 0.15) is 35.6 Å². The third-order valence-electron chi connectivity index (χ3n) is 5.67. The minimum absolute atomic E-state index is 0.0526. The Morgan fingerprint density at radius 2 is 2.09 bits per heavy atom. The highest BCUT2D eigenvalue weighted by Crippen LogP contribution is 2.38. The van der Waals surface area contributed by atoms with Gasteiger partial charge in [0.1, 0.15) is 5.75 Å². The van der Waals surface area contributed by atoms with Crippen LogP contribution in [0.25, 0.3) is 22.2 Å². The molecule has 2 aromatic carbocycles. The molecule has 1 aliphatic heterocycles. The van der Waals surface area contributed by atoms with Gasteiger partial charge in [0.15, 0.2) is 11.9 Å². The number of rotatable bonds is 6. The molecule has 7 heteroatoms. The van der Waals surface area contributed by atoms with Crippen LogP contribution < -0.4 is 9.64 Å². The number of fused-ring (bicyclic) bond motifs is 2. The summed E-state index contributed by atoms with van der Waals surface area (Å²) in [4.78, 5) is 35.6. The molecule has 0 bridgehead atoms. The quantitative estimate of drug-likeness (QED) is 0.412. The number of nitrogens with one attached hydrogen (secondary N) is 1. The SMILES string of the molecule is CCCc1nc(-c2ccc3c(c2)N(CC(=O)c2c[nH]c4ccccc24)C(=O)C(C)O3)cs1. The van der Waals surface area contributed by atoms with Gasteiger partial charge in [-0.2, -0.15) is 0 Å². The van der Waals surface area contributed by atoms with Gasteiger partial charge in [-0.3, -0.25) is 14.5 Å². The molecule has 0 saturated heterocycles. The Labute approximate surface area is 189 Å². The maximum Gasteiger partial charge on any atom is 0.268 e. The van der Waals surface area contributed by atoms with Gasteiger partial charge in [0, 0.05) is 33.6 Å². The largest absolute Gasteiger partial charge is 0.479 e. The number of anilines is 1. The van der Waals surface area contributed by atoms with Crippen molar-refractivity contribution in [1.82, 2.24) is 9.97 Å². The van der Waals surface area contributed by atoms with Crippen molar-refractivity contribution < 1.29 is 14.3 Å². The van der Waals surface area contributed by atoms with Gasteiger partial charge >= 0.3 is 0 Å². The van der Waals surface area contributed by atoms with Crippen molar-refractivity contribution in [2.45, 2.75) is 32.8 Å². The molecule has 162 valence electrons. The molecule has 2 aromatic heterocycles. The molecule has 5 rings (SSSR count). The van der Waals surface area contributed by atoms with Crippen molar-refractivity contribution in [2.75, 3.05) is 11.4 Å². The molecule has 1 unspecified atom stereocenters. The van der Waals surface area contributed by atoms with E-state index in [1.165, 1.54) is 4.90 Å². The van der Waals surface area contributed by atoms with Gasteiger partial charge in [-0.15, -0.1) is 11.3 Å². The summed E-state index contributed by atoms with van der Waals surface area (Å²) >= 11 is 1.64. The number of aryl methyl sites for hydroxylation is 1. The molecular weight excluding hydrogens is 422 g/mol. The number of amides is 1. The number of carbonyl (C=O) groups is 2. The molecule has 0 fully saturated rings. The summed E-state index contributed by atoms with van der Waals surface area (Å²) in [5.41, 5.74) is 3.84. The lowest BCUT2D eigenvalue weighted by Crippen LogP contribution is -2.46. The van der Waals surface area contributed by atoms with E-state index in [9.17, 15) is 9.59 Å². The Morgan fingerprint density at radius 3 is 2.94 bits per heavy atom. The number of H-pyrrole nitrogens is 1. The number of ketones is 1. The highest BCUT2D eigenvalue weighted by atomic mass is 32.1. The van der Waals surface area contributed by atoms with Crippen molar-refractivity contribution in [3.05, 3.63) is 64.6 Å². The monoisotopic (exact) mass is 445 g/mol. The van der Waals surface area contributed by atoms with Gasteiger partial charge in [-0.25, -0.2) is 4.98 Å². The third kappa shape index (κ3) is 3.58. The fourth-order valence-corrected chi connectivity index (χ4v) is 4.94. The van der Waals surface area contributed by atoms with E-state index in [0.29, 0.717) is 17.0 Å². The van der Waals surface area contributed by atoms with Crippen LogP contribution in [0.3, 0.4) is 0 Å². The molecule has 0 saturated carbocycles. The minimum Gasteiger partial charge on any atom is -0.479 e. The van der Waals surface area contributed by atoms with Crippen molar-refractivity contribution in [2.24, 2.45) is 0 Å². The number of hydrogen-bond acceptors (Lipinski definition) is 5. The molecule has 0 radical (unpaired) electrons. The second kappa shape index (κ2) is 8.24. The molecule has 3 heterocycles. The van der Waals surface area contributed by atoms with Crippen LogP contribution in [0.15, 0.2) is 54.0 Å². The molecule has 0 aliphatic carbocycles. The fraction of sp³-hybridized carbons (Fsp3) is 0.240. The Kier molecular flexibility index (Phi) is 5.27. The summed E-state index contributed by atoms with van der Waals surface area (Å²) in [7, 11) is 0. The van der Waals surface area contributed by atoms with Crippen molar-refractivity contribution >= 4 is 39.6 Å². The fourth-order valence-electron chi connectivity index (χ4n) is 4.03. The summed E-state index contributed by atoms with van der Waals surface area (Å²) in [6.45, 7) is 3.79. The van der Waals surface area contributed by atoms with E-state index in [0.717, 1.165) is 40.0 Å². The van der Waals surface area contributed by atoms with Crippen LogP contribution >= 0.6 is 11.3 Å². The summed E-state index contributed by atoms with van der Waals surface area (Å²) in [5.74, 6) is 0.240. The Balaban J connectivity index is 1.50. The third-order valence-corrected chi connectivity index (χ3v) is 6.58. The first-order valence-corrected chi connectivity index (χ1v) is 11.6. The molecular formula is C25H23N3O3S. The van der Waals surface area contributed by atoms with Crippen molar-refractivity contribution in [3.63, 3.8) is 0 Å². The van der Waals surface area contributed by atoms with Crippen LogP contribution in [0.4, 0.5) is 5.69 Å². The Bertz CT molecular complexity index is 1320. The van der Waals surface area contributed by atoms with Crippen LogP contribution in [-0.2, 0) is 11.2 Å². The topological polar surface area (TPSA) is 75.3 Å². The van der Waals surface area contributed by atoms with E-state index in [-0.39, 0.29) is 18.2 Å². The summed E-state index contributed by atoms with van der Waals surface area (Å²) in [6.07, 6.45) is 3.05. The first-order valence-electron chi connectivity index (χ1n) is 10.7. The van der Waals surface area contributed by atoms with Crippen LogP contribution in [0.5, 0.6) is 5.75 Å². The number of nitrogens with zero attached hydrogens (tertiary/aromatic N) is 2. The van der Waals surface area contributed by atoms with E-state index >= 15 is 0 Å². The molecule has 1 amide bonds. The maximum atomic E-state index is 13.2. The van der Waals surface area contributed by atoms with Gasteiger partial charge in [-0.1, -0.05) is 25.1 Å². The molecule has 6 nitrogen and oxygen atoms in total.